The van der Waals surface area contributed by atoms with Crippen LogP contribution in [0.2, 0.25) is 0 Å². The summed E-state index contributed by atoms with van der Waals surface area (Å²) in [6, 6.07) is 19.0. The van der Waals surface area contributed by atoms with Crippen LogP contribution in [0.1, 0.15) is 129 Å². The maximum absolute atomic E-state index is 11.7. The number of terminal acetylenes is 1. The lowest BCUT2D eigenvalue weighted by Crippen LogP contribution is -2.35. The lowest BCUT2D eigenvalue weighted by atomic mass is 9.62. The van der Waals surface area contributed by atoms with E-state index in [1.165, 1.54) is 55.2 Å². The van der Waals surface area contributed by atoms with E-state index in [-0.39, 0.29) is 0 Å². The zero-order chi connectivity index (χ0) is 38.9. The van der Waals surface area contributed by atoms with Gasteiger partial charge in [0.15, 0.2) is 0 Å². The Morgan fingerprint density at radius 3 is 2.08 bits per heavy atom. The maximum Gasteiger partial charge on any atom is 0.207 e. The van der Waals surface area contributed by atoms with Gasteiger partial charge in [0.2, 0.25) is 6.41 Å². The molecule has 3 aromatic carbocycles. The minimum absolute atomic E-state index is 0.653. The van der Waals surface area contributed by atoms with E-state index in [4.69, 9.17) is 11.2 Å². The fourth-order valence-electron chi connectivity index (χ4n) is 6.85. The van der Waals surface area contributed by atoms with Crippen LogP contribution in [0.25, 0.3) is 0 Å². The lowest BCUT2D eigenvalue weighted by Gasteiger charge is -2.39. The van der Waals surface area contributed by atoms with Crippen molar-refractivity contribution in [1.82, 2.24) is 10.6 Å². The summed E-state index contributed by atoms with van der Waals surface area (Å²) in [5, 5.41) is 8.99. The number of rotatable bonds is 21. The third kappa shape index (κ3) is 13.7. The minimum Gasteiger partial charge on any atom is -0.388 e. The average molecular weight is 725 g/mol. The van der Waals surface area contributed by atoms with Gasteiger partial charge < -0.3 is 25.6 Å². The van der Waals surface area contributed by atoms with Crippen LogP contribution in [0.3, 0.4) is 0 Å². The molecule has 4 rings (SSSR count). The Morgan fingerprint density at radius 1 is 0.774 bits per heavy atom. The molecule has 0 saturated heterocycles. The predicted molar refractivity (Wildman–Crippen MR) is 226 cm³/mol. The predicted octanol–water partition coefficient (Wildman–Crippen LogP) is 8.94. The van der Waals surface area contributed by atoms with Crippen LogP contribution >= 0.6 is 0 Å². The van der Waals surface area contributed by atoms with Crippen LogP contribution < -0.4 is 20.9 Å². The fraction of sp³-hybridized carbons (Fsp3) is 0.522. The molecular weight excluding hydrogens is 657 g/mol. The number of nitrogens with one attached hydrogen (secondary N) is 3. The van der Waals surface area contributed by atoms with Crippen molar-refractivity contribution in [2.75, 3.05) is 64.7 Å². The number of carbonyl (C=O) groups is 2. The molecule has 290 valence electrons. The number of amides is 1. The molecule has 0 spiro atoms. The Bertz CT molecular complexity index is 1540. The quantitative estimate of drug-likeness (QED) is 0.0579. The van der Waals surface area contributed by atoms with E-state index in [2.05, 4.69) is 104 Å². The first-order valence-corrected chi connectivity index (χ1v) is 19.9. The van der Waals surface area contributed by atoms with Gasteiger partial charge in [0.25, 0.3) is 0 Å². The SMILES string of the molecule is C#CC1(c2cc(C=O)ccc2CCC)c2ccc(NC)cc2Cc2cc(N(C)C)ccc21.CCCCCCCCCNC=O.CCCOCCCNC. The van der Waals surface area contributed by atoms with Crippen molar-refractivity contribution in [2.24, 2.45) is 0 Å². The highest BCUT2D eigenvalue weighted by molar-refractivity contribution is 5.78. The van der Waals surface area contributed by atoms with Crippen LogP contribution in [-0.4, -0.2) is 67.2 Å². The largest absolute Gasteiger partial charge is 0.388 e. The van der Waals surface area contributed by atoms with Crippen LogP contribution in [0, 0.1) is 12.3 Å². The zero-order valence-corrected chi connectivity index (χ0v) is 33.9. The molecule has 1 atom stereocenters. The summed E-state index contributed by atoms with van der Waals surface area (Å²) in [5.41, 5.74) is 9.08. The van der Waals surface area contributed by atoms with E-state index in [0.717, 1.165) is 106 Å². The van der Waals surface area contributed by atoms with Gasteiger partial charge in [0.05, 0.1) is 0 Å². The van der Waals surface area contributed by atoms with Crippen molar-refractivity contribution in [3.8, 4) is 12.3 Å². The van der Waals surface area contributed by atoms with Crippen molar-refractivity contribution in [3.63, 3.8) is 0 Å². The standard InChI is InChI=1S/C29H30N2O.C10H21NO.C7H17NO/c1-6-8-21-10-9-20(19-32)15-28(21)29(7-2)26-13-11-24(30-3)17-22(26)16-23-18-25(31(4)5)12-14-27(23)29;1-2-3-4-5-6-7-8-9-11-10-12;1-3-6-9-7-4-5-8-2/h2,9-15,17-19,30H,6,8,16H2,1,3-5H3;10H,2-9H2,1H3,(H,11,12);8H,3-7H2,1-2H3. The molecular formula is C46H68N4O3. The Labute approximate surface area is 322 Å². The van der Waals surface area contributed by atoms with Crippen molar-refractivity contribution < 1.29 is 14.3 Å². The molecule has 1 aliphatic carbocycles. The molecule has 0 aliphatic heterocycles. The smallest absolute Gasteiger partial charge is 0.207 e. The third-order valence-electron chi connectivity index (χ3n) is 9.67. The van der Waals surface area contributed by atoms with E-state index in [1.54, 1.807) is 0 Å². The monoisotopic (exact) mass is 725 g/mol. The van der Waals surface area contributed by atoms with Crippen LogP contribution in [-0.2, 0) is 27.8 Å². The number of nitrogens with zero attached hydrogens (tertiary/aromatic N) is 1. The van der Waals surface area contributed by atoms with Crippen molar-refractivity contribution in [3.05, 3.63) is 93.5 Å². The first-order valence-electron chi connectivity index (χ1n) is 19.9. The molecule has 7 nitrogen and oxygen atoms in total. The molecule has 3 N–H and O–H groups in total. The van der Waals surface area contributed by atoms with Gasteiger partial charge in [-0.15, -0.1) is 6.42 Å². The summed E-state index contributed by atoms with van der Waals surface area (Å²) in [4.78, 5) is 23.7. The van der Waals surface area contributed by atoms with Crippen LogP contribution in [0.4, 0.5) is 11.4 Å². The first kappa shape index (κ1) is 45.0. The molecule has 0 radical (unpaired) electrons. The molecule has 53 heavy (non-hydrogen) atoms. The first-order chi connectivity index (χ1) is 25.8. The number of unbranched alkanes of at least 4 members (excludes halogenated alkanes) is 6. The van der Waals surface area contributed by atoms with Gasteiger partial charge in [-0.3, -0.25) is 9.59 Å². The van der Waals surface area contributed by atoms with E-state index in [0.29, 0.717) is 5.56 Å². The molecule has 0 heterocycles. The summed E-state index contributed by atoms with van der Waals surface area (Å²) in [6.07, 6.45) is 22.2. The minimum atomic E-state index is -0.746. The summed E-state index contributed by atoms with van der Waals surface area (Å²) < 4.78 is 5.24. The van der Waals surface area contributed by atoms with Gasteiger partial charge in [-0.2, -0.15) is 0 Å². The number of fused-ring (bicyclic) bond motifs is 2. The van der Waals surface area contributed by atoms with E-state index in [1.807, 2.05) is 26.2 Å². The van der Waals surface area contributed by atoms with Crippen molar-refractivity contribution >= 4 is 24.1 Å². The second kappa shape index (κ2) is 25.8. The van der Waals surface area contributed by atoms with E-state index < -0.39 is 5.41 Å². The molecule has 3 aromatic rings. The number of aldehydes is 1. The second-order valence-electron chi connectivity index (χ2n) is 14.0. The van der Waals surface area contributed by atoms with Crippen molar-refractivity contribution in [2.45, 2.75) is 103 Å². The van der Waals surface area contributed by atoms with Gasteiger partial charge >= 0.3 is 0 Å². The molecule has 0 fully saturated rings. The number of aryl methyl sites for hydroxylation is 1. The number of hydrogen-bond acceptors (Lipinski definition) is 6. The van der Waals surface area contributed by atoms with E-state index >= 15 is 0 Å². The Morgan fingerprint density at radius 2 is 1.47 bits per heavy atom. The van der Waals surface area contributed by atoms with Gasteiger partial charge in [-0.05, 0) is 109 Å². The van der Waals surface area contributed by atoms with Gasteiger partial charge in [0, 0.05) is 57.8 Å². The molecule has 0 bridgehead atoms. The Hall–Kier alpha value is -4.12. The van der Waals surface area contributed by atoms with Crippen LogP contribution in [0.15, 0.2) is 54.6 Å². The molecule has 0 saturated carbocycles. The van der Waals surface area contributed by atoms with Gasteiger partial charge in [-0.1, -0.05) is 95.9 Å². The molecule has 1 unspecified atom stereocenters. The highest BCUT2D eigenvalue weighted by atomic mass is 16.5. The molecule has 0 aromatic heterocycles. The molecule has 1 aliphatic rings. The van der Waals surface area contributed by atoms with Gasteiger partial charge in [-0.25, -0.2) is 0 Å². The van der Waals surface area contributed by atoms with Gasteiger partial charge in [0.1, 0.15) is 11.7 Å². The van der Waals surface area contributed by atoms with Crippen LogP contribution in [0.5, 0.6) is 0 Å². The summed E-state index contributed by atoms with van der Waals surface area (Å²) in [7, 11) is 8.00. The highest BCUT2D eigenvalue weighted by Crippen LogP contribution is 2.48. The Balaban J connectivity index is 0.000000381. The third-order valence-corrected chi connectivity index (χ3v) is 9.67. The number of hydrogen-bond donors (Lipinski definition) is 3. The van der Waals surface area contributed by atoms with E-state index in [9.17, 15) is 9.59 Å². The van der Waals surface area contributed by atoms with Crippen molar-refractivity contribution in [1.29, 1.82) is 0 Å². The topological polar surface area (TPSA) is 82.7 Å². The zero-order valence-electron chi connectivity index (χ0n) is 33.9. The number of ether oxygens (including phenoxy) is 1. The number of benzene rings is 3. The lowest BCUT2D eigenvalue weighted by molar-refractivity contribution is -0.109. The second-order valence-corrected chi connectivity index (χ2v) is 14.0. The summed E-state index contributed by atoms with van der Waals surface area (Å²) >= 11 is 0. The number of anilines is 2. The maximum atomic E-state index is 11.7. The summed E-state index contributed by atoms with van der Waals surface area (Å²) in [5.74, 6) is 3.23. The fourth-order valence-corrected chi connectivity index (χ4v) is 6.85. The highest BCUT2D eigenvalue weighted by Gasteiger charge is 2.42. The molecule has 7 heteroatoms. The molecule has 1 amide bonds. The average Bonchev–Trinajstić information content (AvgIpc) is 3.18. The normalized spacial score (nSPS) is 13.8. The Kier molecular flexibility index (Phi) is 21.9. The summed E-state index contributed by atoms with van der Waals surface area (Å²) in [6.45, 7) is 10.2. The number of carbonyl (C=O) groups excluding carboxylic acids is 2.